The number of halogens is 7. The van der Waals surface area contributed by atoms with Gasteiger partial charge < -0.3 is 21.3 Å². The van der Waals surface area contributed by atoms with Crippen LogP contribution >= 0.6 is 0 Å². The lowest BCUT2D eigenvalue weighted by molar-refractivity contribution is -0.138. The van der Waals surface area contributed by atoms with E-state index in [9.17, 15) is 30.7 Å². The maximum Gasteiger partial charge on any atom is 0.416 e. The molecule has 0 spiro atoms. The first-order valence-corrected chi connectivity index (χ1v) is 10.3. The van der Waals surface area contributed by atoms with Crippen molar-refractivity contribution >= 4 is 11.4 Å². The number of nitrogens with two attached hydrogens (primary N) is 2. The van der Waals surface area contributed by atoms with Crippen LogP contribution in [0.3, 0.4) is 0 Å². The van der Waals surface area contributed by atoms with Crippen LogP contribution in [0.4, 0.5) is 42.1 Å². The van der Waals surface area contributed by atoms with E-state index in [0.29, 0.717) is 35.0 Å². The normalized spacial score (nSPS) is 10.9. The van der Waals surface area contributed by atoms with Crippen molar-refractivity contribution in [1.29, 1.82) is 0 Å². The molecule has 0 amide bonds. The molecule has 0 aliphatic rings. The number of phenols is 1. The molecule has 37 heavy (non-hydrogen) atoms. The Morgan fingerprint density at radius 2 is 1.03 bits per heavy atom. The van der Waals surface area contributed by atoms with E-state index in [2.05, 4.69) is 0 Å². The van der Waals surface area contributed by atoms with Gasteiger partial charge in [-0.2, -0.15) is 26.3 Å². The summed E-state index contributed by atoms with van der Waals surface area (Å²) < 4.78 is 89.9. The summed E-state index contributed by atoms with van der Waals surface area (Å²) in [5.41, 5.74) is 10.4. The van der Waals surface area contributed by atoms with Crippen molar-refractivity contribution in [3.8, 4) is 17.2 Å². The second kappa shape index (κ2) is 12.5. The standard InChI is InChI=1S/C13H10F3NO.C7H4F4.C6H7NO/c14-13(15,16)9-4-6-11(7-5-9)18-12-3-1-2-10(17)8-12;8-6-3-1-5(2-4-6)7(9,10)11;7-5-2-1-3-6(8)4-5/h1-8H,17H2;1-4H;1-4,8H,7H2. The quantitative estimate of drug-likeness (QED) is 0.183. The lowest BCUT2D eigenvalue weighted by Crippen LogP contribution is -2.03. The number of anilines is 2. The minimum atomic E-state index is -4.38. The van der Waals surface area contributed by atoms with Gasteiger partial charge in [0.05, 0.1) is 11.1 Å². The second-order valence-electron chi connectivity index (χ2n) is 7.30. The fourth-order valence-electron chi connectivity index (χ4n) is 2.59. The van der Waals surface area contributed by atoms with Crippen molar-refractivity contribution in [3.05, 3.63) is 114 Å². The Labute approximate surface area is 207 Å². The van der Waals surface area contributed by atoms with E-state index in [1.807, 2.05) is 0 Å². The Hall–Kier alpha value is -4.41. The number of ether oxygens (including phenoxy) is 1. The van der Waals surface area contributed by atoms with Gasteiger partial charge in [0, 0.05) is 23.5 Å². The second-order valence-corrected chi connectivity index (χ2v) is 7.30. The van der Waals surface area contributed by atoms with Crippen molar-refractivity contribution in [2.75, 3.05) is 11.5 Å². The van der Waals surface area contributed by atoms with Crippen molar-refractivity contribution in [2.24, 2.45) is 0 Å². The molecule has 0 saturated heterocycles. The molecule has 0 aliphatic heterocycles. The SMILES string of the molecule is Fc1ccc(C(F)(F)F)cc1.Nc1cccc(O)c1.Nc1cccc(Oc2ccc(C(F)(F)F)cc2)c1. The summed E-state index contributed by atoms with van der Waals surface area (Å²) in [6.07, 6.45) is -8.72. The van der Waals surface area contributed by atoms with Crippen LogP contribution < -0.4 is 16.2 Å². The summed E-state index contributed by atoms with van der Waals surface area (Å²) in [7, 11) is 0. The Balaban J connectivity index is 0.000000215. The smallest absolute Gasteiger partial charge is 0.416 e. The van der Waals surface area contributed by atoms with E-state index in [-0.39, 0.29) is 5.75 Å². The zero-order valence-corrected chi connectivity index (χ0v) is 18.9. The Morgan fingerprint density at radius 1 is 0.568 bits per heavy atom. The third-order valence-electron chi connectivity index (χ3n) is 4.32. The summed E-state index contributed by atoms with van der Waals surface area (Å²) >= 11 is 0. The van der Waals surface area contributed by atoms with Crippen LogP contribution in [0.25, 0.3) is 0 Å². The average molecular weight is 526 g/mol. The third-order valence-corrected chi connectivity index (χ3v) is 4.32. The number of nitrogen functional groups attached to an aromatic ring is 2. The summed E-state index contributed by atoms with van der Waals surface area (Å²) in [5, 5.41) is 8.73. The van der Waals surface area contributed by atoms with Gasteiger partial charge >= 0.3 is 12.4 Å². The van der Waals surface area contributed by atoms with Gasteiger partial charge in [-0.15, -0.1) is 0 Å². The lowest BCUT2D eigenvalue weighted by atomic mass is 10.2. The molecule has 5 N–H and O–H groups in total. The molecule has 0 fully saturated rings. The highest BCUT2D eigenvalue weighted by Crippen LogP contribution is 2.31. The molecular weight excluding hydrogens is 505 g/mol. The molecular formula is C26H21F7N2O2. The van der Waals surface area contributed by atoms with Gasteiger partial charge in [-0.25, -0.2) is 4.39 Å². The molecule has 4 aromatic rings. The van der Waals surface area contributed by atoms with Gasteiger partial charge in [-0.1, -0.05) is 12.1 Å². The molecule has 0 heterocycles. The average Bonchev–Trinajstić information content (AvgIpc) is 2.79. The molecule has 4 nitrogen and oxygen atoms in total. The third kappa shape index (κ3) is 10.4. The summed E-state index contributed by atoms with van der Waals surface area (Å²) in [6.45, 7) is 0. The Kier molecular flexibility index (Phi) is 9.75. The highest BCUT2D eigenvalue weighted by atomic mass is 19.4. The molecule has 4 rings (SSSR count). The zero-order valence-electron chi connectivity index (χ0n) is 18.9. The molecule has 196 valence electrons. The van der Waals surface area contributed by atoms with Crippen molar-refractivity contribution < 1.29 is 40.6 Å². The first-order chi connectivity index (χ1) is 17.2. The minimum Gasteiger partial charge on any atom is -0.508 e. The van der Waals surface area contributed by atoms with Crippen molar-refractivity contribution in [2.45, 2.75) is 12.4 Å². The van der Waals surface area contributed by atoms with E-state index in [4.69, 9.17) is 21.3 Å². The van der Waals surface area contributed by atoms with Crippen LogP contribution in [-0.4, -0.2) is 5.11 Å². The lowest BCUT2D eigenvalue weighted by Gasteiger charge is -2.09. The van der Waals surface area contributed by atoms with E-state index in [0.717, 1.165) is 24.3 Å². The Bertz CT molecular complexity index is 1240. The van der Waals surface area contributed by atoms with E-state index < -0.39 is 29.3 Å². The maximum atomic E-state index is 12.3. The number of hydrogen-bond acceptors (Lipinski definition) is 4. The van der Waals surface area contributed by atoms with E-state index >= 15 is 0 Å². The van der Waals surface area contributed by atoms with E-state index in [1.54, 1.807) is 42.5 Å². The molecule has 0 atom stereocenters. The van der Waals surface area contributed by atoms with E-state index in [1.165, 1.54) is 18.2 Å². The summed E-state index contributed by atoms with van der Waals surface area (Å²) in [4.78, 5) is 0. The number of aromatic hydroxyl groups is 1. The number of hydrogen-bond donors (Lipinski definition) is 3. The minimum absolute atomic E-state index is 0.213. The molecule has 0 aliphatic carbocycles. The number of benzene rings is 4. The van der Waals surface area contributed by atoms with Crippen LogP contribution in [0.5, 0.6) is 17.2 Å². The first kappa shape index (κ1) is 28.8. The highest BCUT2D eigenvalue weighted by molar-refractivity contribution is 5.45. The van der Waals surface area contributed by atoms with Gasteiger partial charge in [0.25, 0.3) is 0 Å². The fourth-order valence-corrected chi connectivity index (χ4v) is 2.59. The number of phenolic OH excluding ortho intramolecular Hbond substituents is 1. The topological polar surface area (TPSA) is 81.5 Å². The Morgan fingerprint density at radius 3 is 1.43 bits per heavy atom. The predicted molar refractivity (Wildman–Crippen MR) is 126 cm³/mol. The summed E-state index contributed by atoms with van der Waals surface area (Å²) in [6, 6.07) is 20.6. The van der Waals surface area contributed by atoms with Crippen LogP contribution in [0.1, 0.15) is 11.1 Å². The van der Waals surface area contributed by atoms with Crippen LogP contribution in [0, 0.1) is 5.82 Å². The molecule has 0 aromatic heterocycles. The van der Waals surface area contributed by atoms with Gasteiger partial charge in [0.1, 0.15) is 23.1 Å². The molecule has 0 radical (unpaired) electrons. The van der Waals surface area contributed by atoms with Gasteiger partial charge in [0.2, 0.25) is 0 Å². The predicted octanol–water partition coefficient (Wildman–Crippen LogP) is 7.90. The molecule has 4 aromatic carbocycles. The van der Waals surface area contributed by atoms with Gasteiger partial charge in [-0.05, 0) is 72.8 Å². The first-order valence-electron chi connectivity index (χ1n) is 10.3. The van der Waals surface area contributed by atoms with Crippen molar-refractivity contribution in [1.82, 2.24) is 0 Å². The monoisotopic (exact) mass is 526 g/mol. The molecule has 0 unspecified atom stereocenters. The largest absolute Gasteiger partial charge is 0.508 e. The van der Waals surface area contributed by atoms with Gasteiger partial charge in [0.15, 0.2) is 0 Å². The molecule has 11 heteroatoms. The fraction of sp³-hybridized carbons (Fsp3) is 0.0769. The van der Waals surface area contributed by atoms with Crippen LogP contribution in [-0.2, 0) is 12.4 Å². The van der Waals surface area contributed by atoms with Crippen LogP contribution in [0.2, 0.25) is 0 Å². The van der Waals surface area contributed by atoms with Crippen molar-refractivity contribution in [3.63, 3.8) is 0 Å². The van der Waals surface area contributed by atoms with Gasteiger partial charge in [-0.3, -0.25) is 0 Å². The zero-order chi connectivity index (χ0) is 27.6. The number of alkyl halides is 6. The highest BCUT2D eigenvalue weighted by Gasteiger charge is 2.30. The maximum absolute atomic E-state index is 12.3. The summed E-state index contributed by atoms with van der Waals surface area (Å²) in [5.74, 6) is 0.353. The van der Waals surface area contributed by atoms with Crippen LogP contribution in [0.15, 0.2) is 97.1 Å². The molecule has 0 bridgehead atoms. The number of rotatable bonds is 2. The molecule has 0 saturated carbocycles.